The normalized spacial score (nSPS) is 10.5. The molecule has 0 aliphatic heterocycles. The summed E-state index contributed by atoms with van der Waals surface area (Å²) in [6, 6.07) is 5.47. The highest BCUT2D eigenvalue weighted by Crippen LogP contribution is 2.15. The van der Waals surface area contributed by atoms with Crippen molar-refractivity contribution in [3.05, 3.63) is 60.4 Å². The number of furan rings is 1. The Bertz CT molecular complexity index is 729. The zero-order valence-corrected chi connectivity index (χ0v) is 11.5. The molecule has 3 aromatic heterocycles. The topological polar surface area (TPSA) is 73.0 Å². The lowest BCUT2D eigenvalue weighted by molar-refractivity contribution is 0.0950. The van der Waals surface area contributed by atoms with E-state index in [1.807, 2.05) is 25.4 Å². The highest BCUT2D eigenvalue weighted by atomic mass is 16.3. The lowest BCUT2D eigenvalue weighted by Crippen LogP contribution is -2.22. The van der Waals surface area contributed by atoms with Crippen molar-refractivity contribution in [3.8, 4) is 11.3 Å². The van der Waals surface area contributed by atoms with Gasteiger partial charge in [-0.3, -0.25) is 14.5 Å². The summed E-state index contributed by atoms with van der Waals surface area (Å²) >= 11 is 0. The van der Waals surface area contributed by atoms with Crippen molar-refractivity contribution in [1.82, 2.24) is 20.1 Å². The molecule has 1 N–H and O–H groups in total. The molecule has 0 atom stereocenters. The molecule has 3 rings (SSSR count). The number of pyridine rings is 1. The number of carbonyl (C=O) groups excluding carboxylic acids is 1. The second kappa shape index (κ2) is 5.62. The average Bonchev–Trinajstić information content (AvgIpc) is 3.17. The molecule has 0 radical (unpaired) electrons. The van der Waals surface area contributed by atoms with Gasteiger partial charge < -0.3 is 9.73 Å². The van der Waals surface area contributed by atoms with Gasteiger partial charge in [-0.25, -0.2) is 0 Å². The van der Waals surface area contributed by atoms with E-state index in [2.05, 4.69) is 15.4 Å². The second-order valence-corrected chi connectivity index (χ2v) is 4.65. The Balaban J connectivity index is 1.63. The smallest absolute Gasteiger partial charge is 0.254 e. The van der Waals surface area contributed by atoms with Crippen molar-refractivity contribution in [2.75, 3.05) is 0 Å². The van der Waals surface area contributed by atoms with E-state index in [0.717, 1.165) is 16.8 Å². The molecule has 1 amide bonds. The number of nitrogens with zero attached hydrogens (tertiary/aromatic N) is 3. The number of hydrogen-bond acceptors (Lipinski definition) is 4. The summed E-state index contributed by atoms with van der Waals surface area (Å²) in [5.41, 5.74) is 3.26. The van der Waals surface area contributed by atoms with Crippen LogP contribution in [-0.2, 0) is 13.6 Å². The van der Waals surface area contributed by atoms with E-state index < -0.39 is 0 Å². The minimum Gasteiger partial charge on any atom is -0.472 e. The molecule has 0 unspecified atom stereocenters. The Kier molecular flexibility index (Phi) is 3.51. The van der Waals surface area contributed by atoms with E-state index in [1.165, 1.54) is 12.5 Å². The zero-order valence-electron chi connectivity index (χ0n) is 11.5. The van der Waals surface area contributed by atoms with Crippen LogP contribution in [-0.4, -0.2) is 20.7 Å². The molecule has 0 fully saturated rings. The fourth-order valence-corrected chi connectivity index (χ4v) is 1.93. The fraction of sp³-hybridized carbons (Fsp3) is 0.133. The van der Waals surface area contributed by atoms with Gasteiger partial charge in [0.2, 0.25) is 0 Å². The summed E-state index contributed by atoms with van der Waals surface area (Å²) < 4.78 is 6.61. The van der Waals surface area contributed by atoms with Crippen molar-refractivity contribution >= 4 is 5.91 Å². The van der Waals surface area contributed by atoms with Crippen LogP contribution in [0.15, 0.2) is 53.7 Å². The maximum atomic E-state index is 11.8. The molecular formula is C15H14N4O2. The van der Waals surface area contributed by atoms with E-state index in [4.69, 9.17) is 4.42 Å². The number of aromatic nitrogens is 3. The van der Waals surface area contributed by atoms with Gasteiger partial charge in [0.05, 0.1) is 23.7 Å². The Labute approximate surface area is 121 Å². The monoisotopic (exact) mass is 282 g/mol. The van der Waals surface area contributed by atoms with Crippen molar-refractivity contribution in [3.63, 3.8) is 0 Å². The minimum atomic E-state index is -0.167. The van der Waals surface area contributed by atoms with Crippen molar-refractivity contribution in [2.45, 2.75) is 6.54 Å². The van der Waals surface area contributed by atoms with E-state index in [1.54, 1.807) is 23.1 Å². The lowest BCUT2D eigenvalue weighted by atomic mass is 10.2. The first kappa shape index (κ1) is 13.1. The quantitative estimate of drug-likeness (QED) is 0.794. The van der Waals surface area contributed by atoms with Gasteiger partial charge in [-0.2, -0.15) is 5.10 Å². The molecule has 0 bridgehead atoms. The Morgan fingerprint density at radius 3 is 2.86 bits per heavy atom. The van der Waals surface area contributed by atoms with Crippen molar-refractivity contribution in [2.24, 2.45) is 7.05 Å². The highest BCUT2D eigenvalue weighted by Gasteiger charge is 2.07. The molecule has 21 heavy (non-hydrogen) atoms. The first-order valence-electron chi connectivity index (χ1n) is 6.47. The summed E-state index contributed by atoms with van der Waals surface area (Å²) in [5, 5.41) is 6.92. The molecule has 3 heterocycles. The predicted molar refractivity (Wildman–Crippen MR) is 76.3 cm³/mol. The number of aryl methyl sites for hydroxylation is 1. The summed E-state index contributed by atoms with van der Waals surface area (Å²) in [4.78, 5) is 16.1. The van der Waals surface area contributed by atoms with Crippen LogP contribution in [0.25, 0.3) is 11.3 Å². The summed E-state index contributed by atoms with van der Waals surface area (Å²) in [6.45, 7) is 0.421. The highest BCUT2D eigenvalue weighted by molar-refractivity contribution is 5.93. The number of amides is 1. The summed E-state index contributed by atoms with van der Waals surface area (Å²) in [6.07, 6.45) is 8.31. The molecule has 0 saturated heterocycles. The molecule has 0 aromatic carbocycles. The van der Waals surface area contributed by atoms with E-state index in [0.29, 0.717) is 12.1 Å². The molecule has 3 aromatic rings. The first-order chi connectivity index (χ1) is 10.2. The maximum absolute atomic E-state index is 11.8. The van der Waals surface area contributed by atoms with Crippen LogP contribution >= 0.6 is 0 Å². The first-order valence-corrected chi connectivity index (χ1v) is 6.47. The molecule has 6 heteroatoms. The van der Waals surface area contributed by atoms with Crippen LogP contribution in [0.4, 0.5) is 0 Å². The number of nitrogens with one attached hydrogen (secondary N) is 1. The van der Waals surface area contributed by atoms with Gasteiger partial charge in [0.1, 0.15) is 6.26 Å². The third kappa shape index (κ3) is 3.00. The number of hydrogen-bond donors (Lipinski definition) is 1. The Morgan fingerprint density at radius 1 is 1.33 bits per heavy atom. The average molecular weight is 282 g/mol. The molecule has 0 spiro atoms. The van der Waals surface area contributed by atoms with E-state index >= 15 is 0 Å². The van der Waals surface area contributed by atoms with Crippen molar-refractivity contribution in [1.29, 1.82) is 0 Å². The van der Waals surface area contributed by atoms with Gasteiger partial charge in [0, 0.05) is 31.5 Å². The fourth-order valence-electron chi connectivity index (χ4n) is 1.93. The standard InChI is InChI=1S/C15H14N4O2/c1-19-9-13(8-18-19)14-3-2-11(6-16-14)7-17-15(20)12-4-5-21-10-12/h2-6,8-10H,7H2,1H3,(H,17,20). The molecular weight excluding hydrogens is 268 g/mol. The number of rotatable bonds is 4. The van der Waals surface area contributed by atoms with Gasteiger partial charge >= 0.3 is 0 Å². The SMILES string of the molecule is Cn1cc(-c2ccc(CNC(=O)c3ccoc3)cn2)cn1. The van der Waals surface area contributed by atoms with Crippen LogP contribution in [0.5, 0.6) is 0 Å². The Morgan fingerprint density at radius 2 is 2.24 bits per heavy atom. The zero-order chi connectivity index (χ0) is 14.7. The van der Waals surface area contributed by atoms with Crippen molar-refractivity contribution < 1.29 is 9.21 Å². The van der Waals surface area contributed by atoms with Crippen LogP contribution < -0.4 is 5.32 Å². The third-order valence-corrected chi connectivity index (χ3v) is 3.06. The van der Waals surface area contributed by atoms with Crippen LogP contribution in [0.1, 0.15) is 15.9 Å². The molecule has 0 saturated carbocycles. The Hall–Kier alpha value is -2.89. The van der Waals surface area contributed by atoms with E-state index in [9.17, 15) is 4.79 Å². The minimum absolute atomic E-state index is 0.167. The molecule has 0 aliphatic rings. The van der Waals surface area contributed by atoms with Crippen LogP contribution in [0.2, 0.25) is 0 Å². The van der Waals surface area contributed by atoms with Crippen LogP contribution in [0, 0.1) is 0 Å². The van der Waals surface area contributed by atoms with Gasteiger partial charge in [0.15, 0.2) is 0 Å². The van der Waals surface area contributed by atoms with Gasteiger partial charge in [-0.1, -0.05) is 6.07 Å². The largest absolute Gasteiger partial charge is 0.472 e. The number of carbonyl (C=O) groups is 1. The lowest BCUT2D eigenvalue weighted by Gasteiger charge is -2.04. The molecule has 0 aliphatic carbocycles. The molecule has 106 valence electrons. The molecule has 6 nitrogen and oxygen atoms in total. The predicted octanol–water partition coefficient (Wildman–Crippen LogP) is 2.01. The summed E-state index contributed by atoms with van der Waals surface area (Å²) in [5.74, 6) is -0.167. The maximum Gasteiger partial charge on any atom is 0.254 e. The van der Waals surface area contributed by atoms with Gasteiger partial charge in [-0.15, -0.1) is 0 Å². The van der Waals surface area contributed by atoms with E-state index in [-0.39, 0.29) is 5.91 Å². The third-order valence-electron chi connectivity index (χ3n) is 3.06. The van der Waals surface area contributed by atoms with Gasteiger partial charge in [0.25, 0.3) is 5.91 Å². The second-order valence-electron chi connectivity index (χ2n) is 4.65. The summed E-state index contributed by atoms with van der Waals surface area (Å²) in [7, 11) is 1.86. The van der Waals surface area contributed by atoms with Gasteiger partial charge in [-0.05, 0) is 17.7 Å². The van der Waals surface area contributed by atoms with Crippen LogP contribution in [0.3, 0.4) is 0 Å².